The fraction of sp³-hybridized carbons (Fsp3) is 0.621. The predicted molar refractivity (Wildman–Crippen MR) is 149 cm³/mol. The Hall–Kier alpha value is -3.07. The standard InChI is InChI=1S/C29H45N5O4/c1-9-34-22(19-32-15-17-33(18-16-32)27(37)31-29(6,7)8)23(25(35)38-10-2)24(30-26(34)36)20-11-13-21(14-12-20)28(3,4)5/h11-14,24H,9-10,15-19H2,1-8H3,(H,30,36)(H,31,37). The summed E-state index contributed by atoms with van der Waals surface area (Å²) in [5, 5.41) is 6.06. The highest BCUT2D eigenvalue weighted by molar-refractivity contribution is 5.95. The molecule has 0 aromatic heterocycles. The number of esters is 1. The van der Waals surface area contributed by atoms with Crippen molar-refractivity contribution in [3.05, 3.63) is 46.7 Å². The fourth-order valence-corrected chi connectivity index (χ4v) is 4.80. The van der Waals surface area contributed by atoms with E-state index in [1.807, 2.05) is 44.7 Å². The number of likely N-dealkylation sites (N-methyl/N-ethyl adjacent to an activating group) is 1. The summed E-state index contributed by atoms with van der Waals surface area (Å²) < 4.78 is 5.50. The number of amides is 4. The van der Waals surface area contributed by atoms with Crippen LogP contribution in [0.25, 0.3) is 0 Å². The lowest BCUT2D eigenvalue weighted by atomic mass is 9.85. The Morgan fingerprint density at radius 2 is 1.61 bits per heavy atom. The van der Waals surface area contributed by atoms with Crippen LogP contribution in [0.4, 0.5) is 9.59 Å². The third-order valence-electron chi connectivity index (χ3n) is 6.87. The van der Waals surface area contributed by atoms with Crippen LogP contribution in [-0.4, -0.2) is 84.1 Å². The summed E-state index contributed by atoms with van der Waals surface area (Å²) in [5.41, 5.74) is 2.83. The molecule has 38 heavy (non-hydrogen) atoms. The third-order valence-corrected chi connectivity index (χ3v) is 6.87. The molecular weight excluding hydrogens is 482 g/mol. The third kappa shape index (κ3) is 7.07. The van der Waals surface area contributed by atoms with Gasteiger partial charge in [-0.1, -0.05) is 45.0 Å². The minimum absolute atomic E-state index is 0.00967. The molecule has 0 saturated carbocycles. The van der Waals surface area contributed by atoms with Gasteiger partial charge in [0, 0.05) is 50.5 Å². The van der Waals surface area contributed by atoms with Crippen LogP contribution < -0.4 is 10.6 Å². The first-order valence-corrected chi connectivity index (χ1v) is 13.6. The van der Waals surface area contributed by atoms with E-state index in [2.05, 4.69) is 48.4 Å². The van der Waals surface area contributed by atoms with E-state index in [0.717, 1.165) is 5.56 Å². The summed E-state index contributed by atoms with van der Waals surface area (Å²) in [6.07, 6.45) is 0. The molecule has 1 fully saturated rings. The number of nitrogens with zero attached hydrogens (tertiary/aromatic N) is 3. The minimum atomic E-state index is -0.604. The van der Waals surface area contributed by atoms with Gasteiger partial charge in [0.05, 0.1) is 18.2 Å². The van der Waals surface area contributed by atoms with Gasteiger partial charge < -0.3 is 20.3 Å². The summed E-state index contributed by atoms with van der Waals surface area (Å²) in [6, 6.07) is 7.16. The van der Waals surface area contributed by atoms with Gasteiger partial charge in [0.25, 0.3) is 0 Å². The summed E-state index contributed by atoms with van der Waals surface area (Å²) in [5.74, 6) is -0.422. The van der Waals surface area contributed by atoms with E-state index >= 15 is 0 Å². The smallest absolute Gasteiger partial charge is 0.338 e. The molecule has 210 valence electrons. The lowest BCUT2D eigenvalue weighted by Gasteiger charge is -2.40. The number of hydrogen-bond donors (Lipinski definition) is 2. The molecule has 0 spiro atoms. The van der Waals surface area contributed by atoms with Gasteiger partial charge >= 0.3 is 18.0 Å². The lowest BCUT2D eigenvalue weighted by molar-refractivity contribution is -0.139. The largest absolute Gasteiger partial charge is 0.463 e. The van der Waals surface area contributed by atoms with E-state index in [9.17, 15) is 14.4 Å². The molecule has 1 aromatic carbocycles. The lowest BCUT2D eigenvalue weighted by Crippen LogP contribution is -2.56. The molecule has 2 aliphatic rings. The second-order valence-corrected chi connectivity index (χ2v) is 12.0. The summed E-state index contributed by atoms with van der Waals surface area (Å²) >= 11 is 0. The Kier molecular flexibility index (Phi) is 9.13. The van der Waals surface area contributed by atoms with Crippen molar-refractivity contribution in [1.29, 1.82) is 0 Å². The van der Waals surface area contributed by atoms with Crippen molar-refractivity contribution in [3.63, 3.8) is 0 Å². The molecule has 0 bridgehead atoms. The van der Waals surface area contributed by atoms with Gasteiger partial charge in [0.1, 0.15) is 0 Å². The minimum Gasteiger partial charge on any atom is -0.463 e. The normalized spacial score (nSPS) is 19.4. The van der Waals surface area contributed by atoms with E-state index in [-0.39, 0.29) is 29.6 Å². The Balaban J connectivity index is 1.91. The van der Waals surface area contributed by atoms with Gasteiger partial charge in [0.15, 0.2) is 0 Å². The molecule has 9 nitrogen and oxygen atoms in total. The zero-order valence-electron chi connectivity index (χ0n) is 24.3. The summed E-state index contributed by atoms with van der Waals surface area (Å²) in [6.45, 7) is 19.5. The van der Waals surface area contributed by atoms with Crippen molar-refractivity contribution < 1.29 is 19.1 Å². The summed E-state index contributed by atoms with van der Waals surface area (Å²) in [4.78, 5) is 44.9. The number of hydrogen-bond acceptors (Lipinski definition) is 5. The van der Waals surface area contributed by atoms with Crippen LogP contribution in [0.1, 0.15) is 72.6 Å². The van der Waals surface area contributed by atoms with Crippen LogP contribution >= 0.6 is 0 Å². The first kappa shape index (κ1) is 29.5. The van der Waals surface area contributed by atoms with Crippen molar-refractivity contribution in [1.82, 2.24) is 25.3 Å². The molecule has 0 radical (unpaired) electrons. The zero-order chi connectivity index (χ0) is 28.3. The van der Waals surface area contributed by atoms with E-state index < -0.39 is 12.0 Å². The van der Waals surface area contributed by atoms with Gasteiger partial charge in [0.2, 0.25) is 0 Å². The molecule has 0 aliphatic carbocycles. The van der Waals surface area contributed by atoms with Crippen molar-refractivity contribution >= 4 is 18.0 Å². The van der Waals surface area contributed by atoms with Crippen LogP contribution in [0.15, 0.2) is 35.5 Å². The number of carbonyl (C=O) groups excluding carboxylic acids is 3. The van der Waals surface area contributed by atoms with E-state index in [1.54, 1.807) is 11.8 Å². The maximum atomic E-state index is 13.4. The molecule has 3 rings (SSSR count). The first-order chi connectivity index (χ1) is 17.7. The predicted octanol–water partition coefficient (Wildman–Crippen LogP) is 4.01. The number of nitrogens with one attached hydrogen (secondary N) is 2. The van der Waals surface area contributed by atoms with E-state index in [0.29, 0.717) is 50.5 Å². The van der Waals surface area contributed by atoms with Crippen LogP contribution in [0.3, 0.4) is 0 Å². The molecule has 2 N–H and O–H groups in total. The maximum absolute atomic E-state index is 13.4. The quantitative estimate of drug-likeness (QED) is 0.545. The van der Waals surface area contributed by atoms with Crippen molar-refractivity contribution in [2.45, 2.75) is 72.4 Å². The summed E-state index contributed by atoms with van der Waals surface area (Å²) in [7, 11) is 0. The second kappa shape index (κ2) is 11.8. The van der Waals surface area contributed by atoms with E-state index in [4.69, 9.17) is 4.74 Å². The number of benzene rings is 1. The molecule has 1 aromatic rings. The van der Waals surface area contributed by atoms with Crippen LogP contribution in [0.5, 0.6) is 0 Å². The van der Waals surface area contributed by atoms with Crippen LogP contribution in [0, 0.1) is 0 Å². The number of ether oxygens (including phenoxy) is 1. The molecule has 2 aliphatic heterocycles. The number of carbonyl (C=O) groups is 3. The number of rotatable bonds is 6. The second-order valence-electron chi connectivity index (χ2n) is 12.0. The molecule has 9 heteroatoms. The monoisotopic (exact) mass is 527 g/mol. The Morgan fingerprint density at radius 1 is 1.00 bits per heavy atom. The highest BCUT2D eigenvalue weighted by Gasteiger charge is 2.39. The molecular formula is C29H45N5O4. The van der Waals surface area contributed by atoms with Crippen molar-refractivity contribution in [3.8, 4) is 0 Å². The van der Waals surface area contributed by atoms with Crippen molar-refractivity contribution in [2.24, 2.45) is 0 Å². The Bertz CT molecular complexity index is 1040. The van der Waals surface area contributed by atoms with Crippen LogP contribution in [-0.2, 0) is 14.9 Å². The maximum Gasteiger partial charge on any atom is 0.338 e. The van der Waals surface area contributed by atoms with Gasteiger partial charge in [-0.15, -0.1) is 0 Å². The SMILES string of the molecule is CCOC(=O)C1=C(CN2CCN(C(=O)NC(C)(C)C)CC2)N(CC)C(=O)NC1c1ccc(C(C)(C)C)cc1. The average Bonchev–Trinajstić information content (AvgIpc) is 2.83. The first-order valence-electron chi connectivity index (χ1n) is 13.6. The van der Waals surface area contributed by atoms with Gasteiger partial charge in [-0.2, -0.15) is 0 Å². The molecule has 2 heterocycles. The molecule has 1 saturated heterocycles. The highest BCUT2D eigenvalue weighted by atomic mass is 16.5. The van der Waals surface area contributed by atoms with Gasteiger partial charge in [-0.25, -0.2) is 14.4 Å². The number of piperazine rings is 1. The van der Waals surface area contributed by atoms with Crippen molar-refractivity contribution in [2.75, 3.05) is 45.9 Å². The highest BCUT2D eigenvalue weighted by Crippen LogP contribution is 2.33. The Morgan fingerprint density at radius 3 is 2.11 bits per heavy atom. The molecule has 1 atom stereocenters. The van der Waals surface area contributed by atoms with Crippen LogP contribution in [0.2, 0.25) is 0 Å². The molecule has 1 unspecified atom stereocenters. The fourth-order valence-electron chi connectivity index (χ4n) is 4.80. The van der Waals surface area contributed by atoms with Gasteiger partial charge in [-0.05, 0) is 51.2 Å². The average molecular weight is 528 g/mol. The number of urea groups is 2. The van der Waals surface area contributed by atoms with Gasteiger partial charge in [-0.3, -0.25) is 9.80 Å². The zero-order valence-corrected chi connectivity index (χ0v) is 24.3. The van der Waals surface area contributed by atoms with E-state index in [1.165, 1.54) is 5.56 Å². The molecule has 4 amide bonds. The Labute approximate surface area is 227 Å². The topological polar surface area (TPSA) is 94.2 Å².